The Morgan fingerprint density at radius 1 is 1.32 bits per heavy atom. The highest BCUT2D eigenvalue weighted by Crippen LogP contribution is 2.46. The molecule has 19 heavy (non-hydrogen) atoms. The van der Waals surface area contributed by atoms with Gasteiger partial charge in [0.25, 0.3) is 0 Å². The summed E-state index contributed by atoms with van der Waals surface area (Å²) < 4.78 is 50.6. The molecule has 0 amide bonds. The summed E-state index contributed by atoms with van der Waals surface area (Å²) >= 11 is 0. The van der Waals surface area contributed by atoms with E-state index in [9.17, 15) is 22.0 Å². The number of halogens is 2. The van der Waals surface area contributed by atoms with Gasteiger partial charge in [0.2, 0.25) is 6.08 Å². The Bertz CT molecular complexity index is 674. The van der Waals surface area contributed by atoms with E-state index < -0.39 is 31.9 Å². The number of benzene rings is 1. The largest absolute Gasteiger partial charge is 0.235 e. The van der Waals surface area contributed by atoms with Gasteiger partial charge in [-0.1, -0.05) is 0 Å². The number of hydrogen-bond acceptors (Lipinski definition) is 4. The van der Waals surface area contributed by atoms with Gasteiger partial charge in [0.15, 0.2) is 9.84 Å². The minimum absolute atomic E-state index is 0.192. The van der Waals surface area contributed by atoms with E-state index in [1.54, 1.807) is 0 Å². The van der Waals surface area contributed by atoms with E-state index in [4.69, 9.17) is 0 Å². The van der Waals surface area contributed by atoms with Crippen LogP contribution in [0.2, 0.25) is 0 Å². The Balaban J connectivity index is 2.72. The molecule has 1 saturated carbocycles. The summed E-state index contributed by atoms with van der Waals surface area (Å²) in [6, 6.07) is 1.52. The second-order valence-corrected chi connectivity index (χ2v) is 6.61. The molecule has 0 unspecified atom stereocenters. The second kappa shape index (κ2) is 4.51. The van der Waals surface area contributed by atoms with Gasteiger partial charge >= 0.3 is 0 Å². The lowest BCUT2D eigenvalue weighted by molar-refractivity contribution is 0.245. The summed E-state index contributed by atoms with van der Waals surface area (Å²) in [4.78, 5) is 13.3. The molecule has 1 aromatic rings. The van der Waals surface area contributed by atoms with Gasteiger partial charge in [0, 0.05) is 11.8 Å². The standard InChI is InChI=1S/C12H11F2NO3S/c1-19(17,18)10-6-8(13)5-9(11(10)14)12(15-7-16)3-2-4-12/h5-6H,2-4H2,1H3. The van der Waals surface area contributed by atoms with Crippen LogP contribution in [0, 0.1) is 11.6 Å². The highest BCUT2D eigenvalue weighted by molar-refractivity contribution is 7.90. The number of rotatable bonds is 3. The van der Waals surface area contributed by atoms with Crippen LogP contribution in [0.3, 0.4) is 0 Å². The van der Waals surface area contributed by atoms with Crippen LogP contribution >= 0.6 is 0 Å². The fourth-order valence-electron chi connectivity index (χ4n) is 2.21. The van der Waals surface area contributed by atoms with Crippen LogP contribution in [0.15, 0.2) is 22.0 Å². The maximum absolute atomic E-state index is 14.3. The summed E-state index contributed by atoms with van der Waals surface area (Å²) in [5.74, 6) is -1.91. The van der Waals surface area contributed by atoms with Crippen LogP contribution in [0.4, 0.5) is 8.78 Å². The van der Waals surface area contributed by atoms with Crippen molar-refractivity contribution >= 4 is 15.9 Å². The van der Waals surface area contributed by atoms with Gasteiger partial charge in [-0.05, 0) is 31.4 Å². The molecule has 0 N–H and O–H groups in total. The van der Waals surface area contributed by atoms with E-state index in [-0.39, 0.29) is 5.56 Å². The Kier molecular flexibility index (Phi) is 3.28. The molecule has 102 valence electrons. The molecule has 1 aliphatic rings. The Morgan fingerprint density at radius 2 is 1.95 bits per heavy atom. The van der Waals surface area contributed by atoms with Gasteiger partial charge in [0.1, 0.15) is 22.1 Å². The number of sulfone groups is 1. The summed E-state index contributed by atoms with van der Waals surface area (Å²) in [6.45, 7) is 0. The monoisotopic (exact) mass is 287 g/mol. The van der Waals surface area contributed by atoms with E-state index in [2.05, 4.69) is 4.99 Å². The van der Waals surface area contributed by atoms with Crippen molar-refractivity contribution in [3.05, 3.63) is 29.3 Å². The van der Waals surface area contributed by atoms with E-state index in [0.717, 1.165) is 12.3 Å². The minimum atomic E-state index is -3.89. The van der Waals surface area contributed by atoms with Gasteiger partial charge < -0.3 is 0 Å². The normalized spacial score (nSPS) is 17.4. The molecule has 7 heteroatoms. The fraction of sp³-hybridized carbons (Fsp3) is 0.417. The SMILES string of the molecule is CS(=O)(=O)c1cc(F)cc(C2(N=C=O)CCC2)c1F. The van der Waals surface area contributed by atoms with Crippen LogP contribution in [-0.4, -0.2) is 20.8 Å². The Labute approximate surface area is 109 Å². The number of hydrogen-bond donors (Lipinski definition) is 0. The van der Waals surface area contributed by atoms with Crippen molar-refractivity contribution in [2.75, 3.05) is 6.26 Å². The predicted octanol–water partition coefficient (Wildman–Crippen LogP) is 2.08. The first-order valence-corrected chi connectivity index (χ1v) is 7.48. The number of nitrogens with zero attached hydrogens (tertiary/aromatic N) is 1. The van der Waals surface area contributed by atoms with Crippen LogP contribution in [0.25, 0.3) is 0 Å². The lowest BCUT2D eigenvalue weighted by Gasteiger charge is -2.37. The molecule has 0 atom stereocenters. The van der Waals surface area contributed by atoms with Crippen molar-refractivity contribution in [2.24, 2.45) is 4.99 Å². The highest BCUT2D eigenvalue weighted by Gasteiger charge is 2.42. The average Bonchev–Trinajstić information content (AvgIpc) is 2.25. The predicted molar refractivity (Wildman–Crippen MR) is 63.1 cm³/mol. The molecule has 0 heterocycles. The maximum atomic E-state index is 14.3. The van der Waals surface area contributed by atoms with Crippen molar-refractivity contribution in [1.82, 2.24) is 0 Å². The highest BCUT2D eigenvalue weighted by atomic mass is 32.2. The third-order valence-corrected chi connectivity index (χ3v) is 4.44. The Morgan fingerprint density at radius 3 is 2.37 bits per heavy atom. The zero-order valence-electron chi connectivity index (χ0n) is 10.1. The smallest absolute Gasteiger partial charge is 0.224 e. The molecule has 1 aliphatic carbocycles. The van der Waals surface area contributed by atoms with Gasteiger partial charge in [-0.15, -0.1) is 0 Å². The molecule has 0 bridgehead atoms. The molecule has 0 spiro atoms. The summed E-state index contributed by atoms with van der Waals surface area (Å²) in [6.07, 6.45) is 3.58. The average molecular weight is 287 g/mol. The van der Waals surface area contributed by atoms with Gasteiger partial charge in [-0.25, -0.2) is 22.0 Å². The van der Waals surface area contributed by atoms with Crippen LogP contribution in [-0.2, 0) is 20.2 Å². The molecule has 0 radical (unpaired) electrons. The molecular formula is C12H11F2NO3S. The van der Waals surface area contributed by atoms with Gasteiger partial charge in [-0.3, -0.25) is 0 Å². The van der Waals surface area contributed by atoms with E-state index in [0.29, 0.717) is 25.3 Å². The van der Waals surface area contributed by atoms with Crippen LogP contribution in [0.5, 0.6) is 0 Å². The van der Waals surface area contributed by atoms with Gasteiger partial charge in [0.05, 0.1) is 0 Å². The quantitative estimate of drug-likeness (QED) is 0.631. The van der Waals surface area contributed by atoms with Crippen molar-refractivity contribution in [2.45, 2.75) is 29.7 Å². The molecule has 1 aromatic carbocycles. The first-order valence-electron chi connectivity index (χ1n) is 5.59. The third-order valence-electron chi connectivity index (χ3n) is 3.35. The Hall–Kier alpha value is -1.59. The maximum Gasteiger partial charge on any atom is 0.235 e. The van der Waals surface area contributed by atoms with E-state index in [1.165, 1.54) is 6.08 Å². The molecular weight excluding hydrogens is 276 g/mol. The lowest BCUT2D eigenvalue weighted by atomic mass is 9.72. The summed E-state index contributed by atoms with van der Waals surface area (Å²) in [5, 5.41) is 0. The zero-order valence-corrected chi connectivity index (χ0v) is 10.9. The topological polar surface area (TPSA) is 63.6 Å². The third kappa shape index (κ3) is 2.31. The molecule has 4 nitrogen and oxygen atoms in total. The van der Waals surface area contributed by atoms with E-state index >= 15 is 0 Å². The van der Waals surface area contributed by atoms with Gasteiger partial charge in [-0.2, -0.15) is 4.99 Å². The number of carbonyl (C=O) groups excluding carboxylic acids is 1. The van der Waals surface area contributed by atoms with Crippen molar-refractivity contribution in [1.29, 1.82) is 0 Å². The molecule has 1 fully saturated rings. The second-order valence-electron chi connectivity index (χ2n) is 4.63. The molecule has 2 rings (SSSR count). The summed E-state index contributed by atoms with van der Waals surface area (Å²) in [7, 11) is -3.89. The molecule has 0 aliphatic heterocycles. The minimum Gasteiger partial charge on any atom is -0.224 e. The van der Waals surface area contributed by atoms with Crippen LogP contribution < -0.4 is 0 Å². The van der Waals surface area contributed by atoms with Crippen LogP contribution in [0.1, 0.15) is 24.8 Å². The first-order chi connectivity index (χ1) is 8.80. The number of aliphatic imine (C=N–C) groups is 1. The number of isocyanates is 1. The molecule has 0 saturated heterocycles. The van der Waals surface area contributed by atoms with E-state index in [1.807, 2.05) is 0 Å². The van der Waals surface area contributed by atoms with Crippen molar-refractivity contribution in [3.63, 3.8) is 0 Å². The molecule has 0 aromatic heterocycles. The first kappa shape index (κ1) is 13.8. The summed E-state index contributed by atoms with van der Waals surface area (Å²) in [5.41, 5.74) is -1.37. The van der Waals surface area contributed by atoms with Crippen molar-refractivity contribution < 1.29 is 22.0 Å². The zero-order chi connectivity index (χ0) is 14.3. The van der Waals surface area contributed by atoms with Crippen molar-refractivity contribution in [3.8, 4) is 0 Å². The lowest BCUT2D eigenvalue weighted by Crippen LogP contribution is -2.33. The fourth-order valence-corrected chi connectivity index (χ4v) is 2.98.